The average molecular weight is 563 g/mol. The number of anilines is 2. The normalized spacial score (nSPS) is 12.4. The van der Waals surface area contributed by atoms with Crippen LogP contribution in [0.25, 0.3) is 4.85 Å². The first-order valence-electron chi connectivity index (χ1n) is 12.8. The summed E-state index contributed by atoms with van der Waals surface area (Å²) in [5, 5.41) is 6.20. The maximum atomic E-state index is 13.1. The lowest BCUT2D eigenvalue weighted by Crippen LogP contribution is -2.41. The molecular formula is C30H35ClN4O3Si. The van der Waals surface area contributed by atoms with Gasteiger partial charge in [0.2, 0.25) is 0 Å². The predicted molar refractivity (Wildman–Crippen MR) is 160 cm³/mol. The number of rotatable bonds is 9. The maximum Gasteiger partial charge on any atom is 0.274 e. The summed E-state index contributed by atoms with van der Waals surface area (Å²) >= 11 is 5.86. The van der Waals surface area contributed by atoms with Crippen LogP contribution in [0, 0.1) is 13.5 Å². The van der Waals surface area contributed by atoms with Crippen molar-refractivity contribution in [1.82, 2.24) is 4.98 Å². The minimum absolute atomic E-state index is 0.118. The van der Waals surface area contributed by atoms with Crippen LogP contribution in [-0.2, 0) is 4.43 Å². The molecule has 0 radical (unpaired) electrons. The van der Waals surface area contributed by atoms with E-state index in [1.807, 2.05) is 19.1 Å². The van der Waals surface area contributed by atoms with Crippen molar-refractivity contribution in [2.24, 2.45) is 0 Å². The molecule has 3 rings (SSSR count). The molecule has 1 heterocycles. The van der Waals surface area contributed by atoms with Crippen LogP contribution in [0.1, 0.15) is 65.2 Å². The van der Waals surface area contributed by atoms with E-state index in [9.17, 15) is 9.59 Å². The number of hydrogen-bond donors (Lipinski definition) is 2. The monoisotopic (exact) mass is 562 g/mol. The van der Waals surface area contributed by atoms with Gasteiger partial charge in [0.15, 0.2) is 8.32 Å². The summed E-state index contributed by atoms with van der Waals surface area (Å²) in [6.45, 7) is 21.1. The molecule has 0 fully saturated rings. The standard InChI is InChI=1S/C30H35ClN4O3Si/c1-20-8-14-24(27(18-20)35-29(37)26-15-11-22(31)19-33-26)28(36)34-23-12-9-21(10-13-23)25(32-5)16-17-38-39(6,7)30(2,3)4/h8-15,18-19,25H,16-17H2,1-4,6-7H3,(H,34,36)(H,35,37). The van der Waals surface area contributed by atoms with Gasteiger partial charge in [-0.15, -0.1) is 0 Å². The second-order valence-corrected chi connectivity index (χ2v) is 16.2. The zero-order chi connectivity index (χ0) is 28.8. The second kappa shape index (κ2) is 12.6. The smallest absolute Gasteiger partial charge is 0.274 e. The molecule has 1 unspecified atom stereocenters. The van der Waals surface area contributed by atoms with Gasteiger partial charge in [-0.25, -0.2) is 11.6 Å². The zero-order valence-electron chi connectivity index (χ0n) is 23.3. The van der Waals surface area contributed by atoms with Crippen LogP contribution >= 0.6 is 11.6 Å². The van der Waals surface area contributed by atoms with Crippen LogP contribution in [0.15, 0.2) is 60.8 Å². The molecule has 2 N–H and O–H groups in total. The summed E-state index contributed by atoms with van der Waals surface area (Å²) in [6.07, 6.45) is 2.00. The van der Waals surface area contributed by atoms with Gasteiger partial charge >= 0.3 is 0 Å². The molecule has 0 spiro atoms. The fourth-order valence-corrected chi connectivity index (χ4v) is 4.76. The van der Waals surface area contributed by atoms with Gasteiger partial charge in [0.25, 0.3) is 17.9 Å². The van der Waals surface area contributed by atoms with Crippen molar-refractivity contribution in [2.75, 3.05) is 17.2 Å². The Morgan fingerprint density at radius 3 is 2.33 bits per heavy atom. The number of aryl methyl sites for hydroxylation is 1. The molecule has 0 bridgehead atoms. The third-order valence-corrected chi connectivity index (χ3v) is 11.8. The van der Waals surface area contributed by atoms with Crippen LogP contribution in [0.5, 0.6) is 0 Å². The SMILES string of the molecule is [C-]#[N+]C(CCO[Si](C)(C)C(C)(C)C)c1ccc(NC(=O)c2ccc(C)cc2NC(=O)c2ccc(Cl)cn2)cc1. The van der Waals surface area contributed by atoms with Crippen molar-refractivity contribution < 1.29 is 14.0 Å². The van der Waals surface area contributed by atoms with E-state index in [0.29, 0.717) is 35.0 Å². The lowest BCUT2D eigenvalue weighted by Gasteiger charge is -2.36. The van der Waals surface area contributed by atoms with E-state index in [0.717, 1.165) is 11.1 Å². The van der Waals surface area contributed by atoms with E-state index < -0.39 is 14.2 Å². The molecule has 0 saturated heterocycles. The number of nitrogens with one attached hydrogen (secondary N) is 2. The Morgan fingerprint density at radius 2 is 1.74 bits per heavy atom. The quantitative estimate of drug-likeness (QED) is 0.205. The Labute approximate surface area is 236 Å². The summed E-state index contributed by atoms with van der Waals surface area (Å²) in [5.74, 6) is -0.815. The highest BCUT2D eigenvalue weighted by Gasteiger charge is 2.37. The van der Waals surface area contributed by atoms with E-state index in [-0.39, 0.29) is 22.7 Å². The van der Waals surface area contributed by atoms with E-state index in [1.54, 1.807) is 36.4 Å². The Bertz CT molecular complexity index is 1360. The molecule has 204 valence electrons. The highest BCUT2D eigenvalue weighted by Crippen LogP contribution is 2.37. The topological polar surface area (TPSA) is 84.7 Å². The molecule has 39 heavy (non-hydrogen) atoms. The number of amides is 2. The van der Waals surface area contributed by atoms with E-state index >= 15 is 0 Å². The largest absolute Gasteiger partial charge is 0.417 e. The van der Waals surface area contributed by atoms with Gasteiger partial charge in [-0.1, -0.05) is 38.4 Å². The van der Waals surface area contributed by atoms with Crippen molar-refractivity contribution in [1.29, 1.82) is 0 Å². The fraction of sp³-hybridized carbons (Fsp3) is 0.333. The maximum absolute atomic E-state index is 13.1. The van der Waals surface area contributed by atoms with Crippen LogP contribution in [0.2, 0.25) is 23.2 Å². The second-order valence-electron chi connectivity index (χ2n) is 11.0. The number of aromatic nitrogens is 1. The van der Waals surface area contributed by atoms with Gasteiger partial charge in [-0.2, -0.15) is 0 Å². The number of nitrogens with zero attached hydrogens (tertiary/aromatic N) is 2. The van der Waals surface area contributed by atoms with Gasteiger partial charge in [0.05, 0.1) is 16.3 Å². The summed E-state index contributed by atoms with van der Waals surface area (Å²) < 4.78 is 6.25. The number of benzene rings is 2. The van der Waals surface area contributed by atoms with Crippen molar-refractivity contribution >= 4 is 43.1 Å². The van der Waals surface area contributed by atoms with Gasteiger partial charge in [-0.05, 0) is 79.2 Å². The lowest BCUT2D eigenvalue weighted by atomic mass is 10.0. The first-order chi connectivity index (χ1) is 18.3. The molecule has 0 saturated carbocycles. The minimum Gasteiger partial charge on any atom is -0.417 e. The van der Waals surface area contributed by atoms with Crippen LogP contribution in [-0.4, -0.2) is 31.7 Å². The van der Waals surface area contributed by atoms with Gasteiger partial charge in [0, 0.05) is 30.5 Å². The molecule has 2 amide bonds. The highest BCUT2D eigenvalue weighted by atomic mass is 35.5. The van der Waals surface area contributed by atoms with Crippen molar-refractivity contribution in [3.05, 3.63) is 99.6 Å². The first-order valence-corrected chi connectivity index (χ1v) is 16.0. The number of carbonyl (C=O) groups is 2. The molecule has 3 aromatic rings. The van der Waals surface area contributed by atoms with Crippen LogP contribution in [0.3, 0.4) is 0 Å². The lowest BCUT2D eigenvalue weighted by molar-refractivity contribution is 0.102. The summed E-state index contributed by atoms with van der Waals surface area (Å²) in [5.41, 5.74) is 3.22. The molecule has 1 aromatic heterocycles. The molecule has 2 aromatic carbocycles. The Kier molecular flexibility index (Phi) is 9.67. The molecule has 0 aliphatic heterocycles. The van der Waals surface area contributed by atoms with Gasteiger partial charge in [0.1, 0.15) is 5.69 Å². The summed E-state index contributed by atoms with van der Waals surface area (Å²) in [7, 11) is -1.87. The van der Waals surface area contributed by atoms with Gasteiger partial charge in [-0.3, -0.25) is 9.59 Å². The Balaban J connectivity index is 1.67. The number of halogens is 1. The van der Waals surface area contributed by atoms with Crippen LogP contribution in [0.4, 0.5) is 11.4 Å². The molecule has 0 aliphatic rings. The van der Waals surface area contributed by atoms with E-state index in [2.05, 4.69) is 54.3 Å². The zero-order valence-corrected chi connectivity index (χ0v) is 25.0. The number of carbonyl (C=O) groups excluding carboxylic acids is 2. The third-order valence-electron chi connectivity index (χ3n) is 7.00. The van der Waals surface area contributed by atoms with Gasteiger partial charge < -0.3 is 19.9 Å². The molecular weight excluding hydrogens is 528 g/mol. The molecule has 9 heteroatoms. The third kappa shape index (κ3) is 7.99. The Morgan fingerprint density at radius 1 is 1.05 bits per heavy atom. The van der Waals surface area contributed by atoms with Crippen molar-refractivity contribution in [2.45, 2.75) is 58.3 Å². The summed E-state index contributed by atoms with van der Waals surface area (Å²) in [4.78, 5) is 33.7. The molecule has 7 nitrogen and oxygen atoms in total. The highest BCUT2D eigenvalue weighted by molar-refractivity contribution is 6.74. The van der Waals surface area contributed by atoms with E-state index in [4.69, 9.17) is 22.6 Å². The molecule has 1 atom stereocenters. The Hall–Kier alpha value is -3.51. The van der Waals surface area contributed by atoms with Crippen LogP contribution < -0.4 is 10.6 Å². The summed E-state index contributed by atoms with van der Waals surface area (Å²) in [6, 6.07) is 15.3. The number of hydrogen-bond acceptors (Lipinski definition) is 4. The van der Waals surface area contributed by atoms with E-state index in [1.165, 1.54) is 12.3 Å². The predicted octanol–water partition coefficient (Wildman–Crippen LogP) is 7.92. The number of pyridine rings is 1. The fourth-order valence-electron chi connectivity index (χ4n) is 3.59. The average Bonchev–Trinajstić information content (AvgIpc) is 2.87. The minimum atomic E-state index is -1.87. The van der Waals surface area contributed by atoms with Crippen molar-refractivity contribution in [3.63, 3.8) is 0 Å². The molecule has 0 aliphatic carbocycles. The first kappa shape index (κ1) is 30.0. The van der Waals surface area contributed by atoms with Crippen molar-refractivity contribution in [3.8, 4) is 0 Å².